The Kier molecular flexibility index (Phi) is 3.64. The maximum absolute atomic E-state index is 14.0. The first kappa shape index (κ1) is 12.2. The SMILES string of the molecule is COc1ccc(OC)c(C(C)(F)N=C=O)c1. The van der Waals surface area contributed by atoms with E-state index in [1.54, 1.807) is 12.1 Å². The number of aliphatic imine (C=N–C) groups is 1. The minimum Gasteiger partial charge on any atom is -0.497 e. The Morgan fingerprint density at radius 3 is 2.56 bits per heavy atom. The van der Waals surface area contributed by atoms with E-state index in [9.17, 15) is 9.18 Å². The summed E-state index contributed by atoms with van der Waals surface area (Å²) in [5.74, 6) is -1.42. The predicted octanol–water partition coefficient (Wildman–Crippen LogP) is 2.18. The first-order chi connectivity index (χ1) is 7.55. The highest BCUT2D eigenvalue weighted by atomic mass is 19.1. The molecule has 1 aromatic rings. The molecule has 0 radical (unpaired) electrons. The topological polar surface area (TPSA) is 47.9 Å². The maximum atomic E-state index is 14.0. The molecule has 1 atom stereocenters. The second-order valence-corrected chi connectivity index (χ2v) is 3.22. The number of hydrogen-bond acceptors (Lipinski definition) is 4. The van der Waals surface area contributed by atoms with Crippen LogP contribution in [0.4, 0.5) is 4.39 Å². The molecule has 0 fully saturated rings. The first-order valence-electron chi connectivity index (χ1n) is 4.55. The summed E-state index contributed by atoms with van der Waals surface area (Å²) in [6.07, 6.45) is 1.20. The Balaban J connectivity index is 3.33. The van der Waals surface area contributed by atoms with Gasteiger partial charge in [-0.05, 0) is 25.1 Å². The van der Waals surface area contributed by atoms with Crippen molar-refractivity contribution in [3.05, 3.63) is 23.8 Å². The Labute approximate surface area is 92.7 Å². The van der Waals surface area contributed by atoms with E-state index < -0.39 is 5.79 Å². The normalized spacial score (nSPS) is 13.5. The molecule has 0 spiro atoms. The van der Waals surface area contributed by atoms with Gasteiger partial charge in [-0.3, -0.25) is 0 Å². The quantitative estimate of drug-likeness (QED) is 0.448. The summed E-state index contributed by atoms with van der Waals surface area (Å²) in [5, 5.41) is 0. The van der Waals surface area contributed by atoms with Crippen molar-refractivity contribution in [2.45, 2.75) is 12.7 Å². The zero-order valence-electron chi connectivity index (χ0n) is 9.28. The van der Waals surface area contributed by atoms with E-state index in [1.165, 1.54) is 26.4 Å². The second kappa shape index (κ2) is 4.77. The van der Waals surface area contributed by atoms with Gasteiger partial charge in [-0.25, -0.2) is 9.18 Å². The van der Waals surface area contributed by atoms with Gasteiger partial charge in [0.15, 0.2) is 0 Å². The molecule has 0 aliphatic heterocycles. The lowest BCUT2D eigenvalue weighted by Gasteiger charge is -2.17. The van der Waals surface area contributed by atoms with Gasteiger partial charge in [0.2, 0.25) is 11.9 Å². The van der Waals surface area contributed by atoms with E-state index in [0.29, 0.717) is 11.5 Å². The molecular weight excluding hydrogens is 213 g/mol. The van der Waals surface area contributed by atoms with E-state index in [4.69, 9.17) is 9.47 Å². The highest BCUT2D eigenvalue weighted by molar-refractivity contribution is 5.45. The van der Waals surface area contributed by atoms with Crippen LogP contribution in [0.25, 0.3) is 0 Å². The third-order valence-corrected chi connectivity index (χ3v) is 2.15. The zero-order valence-corrected chi connectivity index (χ0v) is 9.28. The van der Waals surface area contributed by atoms with E-state index >= 15 is 0 Å². The average Bonchev–Trinajstić information content (AvgIpc) is 2.28. The number of rotatable bonds is 4. The summed E-state index contributed by atoms with van der Waals surface area (Å²) in [7, 11) is 2.87. The first-order valence-corrected chi connectivity index (χ1v) is 4.55. The number of carbonyl (C=O) groups excluding carboxylic acids is 1. The summed E-state index contributed by atoms with van der Waals surface area (Å²) < 4.78 is 24.0. The van der Waals surface area contributed by atoms with E-state index in [1.807, 2.05) is 0 Å². The van der Waals surface area contributed by atoms with Crippen molar-refractivity contribution in [1.82, 2.24) is 0 Å². The van der Waals surface area contributed by atoms with Gasteiger partial charge in [-0.15, -0.1) is 0 Å². The fourth-order valence-electron chi connectivity index (χ4n) is 1.32. The molecule has 0 heterocycles. The van der Waals surface area contributed by atoms with Crippen LogP contribution < -0.4 is 9.47 Å². The van der Waals surface area contributed by atoms with Crippen molar-refractivity contribution in [2.24, 2.45) is 4.99 Å². The number of nitrogens with zero attached hydrogens (tertiary/aromatic N) is 1. The highest BCUT2D eigenvalue weighted by Crippen LogP contribution is 2.36. The summed E-state index contributed by atoms with van der Waals surface area (Å²) in [6, 6.07) is 4.61. The smallest absolute Gasteiger partial charge is 0.238 e. The summed E-state index contributed by atoms with van der Waals surface area (Å²) >= 11 is 0. The van der Waals surface area contributed by atoms with E-state index in [0.717, 1.165) is 6.92 Å². The Bertz CT molecular complexity index is 425. The van der Waals surface area contributed by atoms with Crippen molar-refractivity contribution < 1.29 is 18.7 Å². The van der Waals surface area contributed by atoms with Crippen molar-refractivity contribution in [3.8, 4) is 11.5 Å². The Morgan fingerprint density at radius 1 is 1.38 bits per heavy atom. The minimum absolute atomic E-state index is 0.123. The minimum atomic E-state index is -2.18. The third kappa shape index (κ3) is 2.38. The van der Waals surface area contributed by atoms with Crippen LogP contribution in [0.1, 0.15) is 12.5 Å². The van der Waals surface area contributed by atoms with Crippen LogP contribution in [0.2, 0.25) is 0 Å². The maximum Gasteiger partial charge on any atom is 0.238 e. The van der Waals surface area contributed by atoms with Crippen LogP contribution in [0.3, 0.4) is 0 Å². The second-order valence-electron chi connectivity index (χ2n) is 3.22. The number of methoxy groups -OCH3 is 2. The molecule has 1 unspecified atom stereocenters. The van der Waals surface area contributed by atoms with Crippen LogP contribution in [-0.2, 0) is 10.6 Å². The van der Waals surface area contributed by atoms with Gasteiger partial charge in [0.05, 0.1) is 19.8 Å². The standard InChI is InChI=1S/C11H12FNO3/c1-11(12,13-7-14)9-6-8(15-2)4-5-10(9)16-3/h4-6H,1-3H3. The zero-order chi connectivity index (χ0) is 12.2. The molecule has 5 heteroatoms. The van der Waals surface area contributed by atoms with Gasteiger partial charge < -0.3 is 9.47 Å². The van der Waals surface area contributed by atoms with Crippen LogP contribution in [0.15, 0.2) is 23.2 Å². The number of alkyl halides is 1. The molecule has 4 nitrogen and oxygen atoms in total. The van der Waals surface area contributed by atoms with Crippen LogP contribution in [0.5, 0.6) is 11.5 Å². The lowest BCUT2D eigenvalue weighted by Crippen LogP contribution is -2.13. The van der Waals surface area contributed by atoms with Gasteiger partial charge >= 0.3 is 0 Å². The predicted molar refractivity (Wildman–Crippen MR) is 56.1 cm³/mol. The average molecular weight is 225 g/mol. The molecule has 1 rings (SSSR count). The lowest BCUT2D eigenvalue weighted by molar-refractivity contribution is 0.198. The summed E-state index contributed by atoms with van der Waals surface area (Å²) in [4.78, 5) is 13.2. The molecule has 0 saturated carbocycles. The highest BCUT2D eigenvalue weighted by Gasteiger charge is 2.29. The van der Waals surface area contributed by atoms with Crippen LogP contribution in [-0.4, -0.2) is 20.3 Å². The van der Waals surface area contributed by atoms with Crippen molar-refractivity contribution >= 4 is 6.08 Å². The van der Waals surface area contributed by atoms with Gasteiger partial charge in [0.25, 0.3) is 0 Å². The molecule has 0 bridgehead atoms. The van der Waals surface area contributed by atoms with Gasteiger partial charge in [-0.2, -0.15) is 4.99 Å². The fourth-order valence-corrected chi connectivity index (χ4v) is 1.32. The third-order valence-electron chi connectivity index (χ3n) is 2.15. The molecule has 0 N–H and O–H groups in total. The molecule has 0 aliphatic rings. The molecule has 0 saturated heterocycles. The molecule has 0 amide bonds. The number of halogens is 1. The number of ether oxygens (including phenoxy) is 2. The van der Waals surface area contributed by atoms with Crippen molar-refractivity contribution in [1.29, 1.82) is 0 Å². The molecule has 0 aliphatic carbocycles. The van der Waals surface area contributed by atoms with Crippen LogP contribution in [0, 0.1) is 0 Å². The van der Waals surface area contributed by atoms with Crippen molar-refractivity contribution in [2.75, 3.05) is 14.2 Å². The van der Waals surface area contributed by atoms with Gasteiger partial charge in [0.1, 0.15) is 11.5 Å². The van der Waals surface area contributed by atoms with E-state index in [-0.39, 0.29) is 5.56 Å². The van der Waals surface area contributed by atoms with Gasteiger partial charge in [0, 0.05) is 0 Å². The van der Waals surface area contributed by atoms with Crippen LogP contribution >= 0.6 is 0 Å². The molecule has 1 aromatic carbocycles. The number of benzene rings is 1. The van der Waals surface area contributed by atoms with E-state index in [2.05, 4.69) is 4.99 Å². The number of hydrogen-bond donors (Lipinski definition) is 0. The molecule has 86 valence electrons. The molecule has 0 aromatic heterocycles. The monoisotopic (exact) mass is 225 g/mol. The molecule has 16 heavy (non-hydrogen) atoms. The van der Waals surface area contributed by atoms with Crippen molar-refractivity contribution in [3.63, 3.8) is 0 Å². The summed E-state index contributed by atoms with van der Waals surface area (Å²) in [6.45, 7) is 1.15. The summed E-state index contributed by atoms with van der Waals surface area (Å²) in [5.41, 5.74) is 0.123. The lowest BCUT2D eigenvalue weighted by atomic mass is 10.1. The fraction of sp³-hybridized carbons (Fsp3) is 0.364. The Hall–Kier alpha value is -1.87. The number of isocyanates is 1. The molecular formula is C11H12FNO3. The van der Waals surface area contributed by atoms with Gasteiger partial charge in [-0.1, -0.05) is 0 Å². The Morgan fingerprint density at radius 2 is 2.06 bits per heavy atom. The largest absolute Gasteiger partial charge is 0.497 e.